The minimum Gasteiger partial charge on any atom is -0.352 e. The fourth-order valence-electron chi connectivity index (χ4n) is 1.87. The number of benzene rings is 1. The highest BCUT2D eigenvalue weighted by atomic mass is 127. The summed E-state index contributed by atoms with van der Waals surface area (Å²) in [7, 11) is 7.86. The fourth-order valence-corrected chi connectivity index (χ4v) is 2.27. The van der Waals surface area contributed by atoms with E-state index in [2.05, 4.69) is 26.2 Å². The zero-order valence-electron chi connectivity index (χ0n) is 13.5. The molecule has 0 atom stereocenters. The van der Waals surface area contributed by atoms with Crippen LogP contribution in [0.2, 0.25) is 0 Å². The van der Waals surface area contributed by atoms with Gasteiger partial charge in [-0.25, -0.2) is 0 Å². The van der Waals surface area contributed by atoms with Crippen LogP contribution in [0.25, 0.3) is 0 Å². The molecule has 5 nitrogen and oxygen atoms in total. The molecule has 0 aromatic heterocycles. The summed E-state index contributed by atoms with van der Waals surface area (Å²) in [6.45, 7) is 1.30. The lowest BCUT2D eigenvalue weighted by Gasteiger charge is -2.22. The molecule has 0 saturated heterocycles. The Hall–Kier alpha value is -0.830. The fraction of sp³-hybridized carbons (Fsp3) is 0.467. The molecule has 0 saturated carbocycles. The maximum Gasteiger partial charge on any atom is 0.251 e. The van der Waals surface area contributed by atoms with Crippen LogP contribution in [0.15, 0.2) is 33.7 Å². The van der Waals surface area contributed by atoms with Crippen molar-refractivity contribution in [3.63, 3.8) is 0 Å². The predicted octanol–water partition coefficient (Wildman–Crippen LogP) is 2.67. The number of carbonyl (C=O) groups is 1. The van der Waals surface area contributed by atoms with Crippen LogP contribution in [0.3, 0.4) is 0 Å². The summed E-state index contributed by atoms with van der Waals surface area (Å²) < 4.78 is 0.904. The monoisotopic (exact) mass is 482 g/mol. The van der Waals surface area contributed by atoms with Crippen LogP contribution < -0.4 is 5.32 Å². The molecule has 0 heterocycles. The largest absolute Gasteiger partial charge is 0.352 e. The van der Waals surface area contributed by atoms with Crippen molar-refractivity contribution in [2.45, 2.75) is 6.42 Å². The van der Waals surface area contributed by atoms with Crippen LogP contribution in [0.1, 0.15) is 16.8 Å². The van der Waals surface area contributed by atoms with Crippen molar-refractivity contribution >= 4 is 51.8 Å². The van der Waals surface area contributed by atoms with Crippen molar-refractivity contribution in [2.75, 3.05) is 41.3 Å². The quantitative estimate of drug-likeness (QED) is 0.304. The molecule has 0 aliphatic rings. The van der Waals surface area contributed by atoms with Crippen molar-refractivity contribution in [2.24, 2.45) is 4.99 Å². The van der Waals surface area contributed by atoms with Gasteiger partial charge in [0.15, 0.2) is 5.96 Å². The third-order valence-electron chi connectivity index (χ3n) is 2.76. The van der Waals surface area contributed by atoms with Gasteiger partial charge in [-0.3, -0.25) is 9.79 Å². The van der Waals surface area contributed by atoms with Crippen molar-refractivity contribution in [3.8, 4) is 0 Å². The Kier molecular flexibility index (Phi) is 10.4. The highest BCUT2D eigenvalue weighted by Gasteiger charge is 2.05. The zero-order chi connectivity index (χ0) is 15.8. The number of guanidine groups is 1. The molecule has 0 fully saturated rings. The molecule has 0 spiro atoms. The molecule has 1 aromatic rings. The van der Waals surface area contributed by atoms with E-state index >= 15 is 0 Å². The van der Waals surface area contributed by atoms with E-state index in [1.807, 2.05) is 56.2 Å². The van der Waals surface area contributed by atoms with Gasteiger partial charge in [-0.2, -0.15) is 0 Å². The first-order valence-electron chi connectivity index (χ1n) is 6.84. The van der Waals surface area contributed by atoms with Gasteiger partial charge < -0.3 is 15.1 Å². The van der Waals surface area contributed by atoms with Gasteiger partial charge in [0.1, 0.15) is 0 Å². The molecule has 1 amide bonds. The molecule has 1 aromatic carbocycles. The number of amides is 1. The second-order valence-corrected chi connectivity index (χ2v) is 6.01. The van der Waals surface area contributed by atoms with Crippen LogP contribution in [0, 0.1) is 0 Å². The summed E-state index contributed by atoms with van der Waals surface area (Å²) in [6.07, 6.45) is 0.810. The van der Waals surface area contributed by atoms with Crippen LogP contribution in [0.4, 0.5) is 0 Å². The Morgan fingerprint density at radius 2 is 1.86 bits per heavy atom. The molecule has 0 bridgehead atoms. The molecule has 0 aliphatic carbocycles. The van der Waals surface area contributed by atoms with E-state index in [9.17, 15) is 4.79 Å². The molecular weight excluding hydrogens is 459 g/mol. The van der Waals surface area contributed by atoms with E-state index in [-0.39, 0.29) is 29.9 Å². The first-order chi connectivity index (χ1) is 9.91. The van der Waals surface area contributed by atoms with Gasteiger partial charge in [0.25, 0.3) is 5.91 Å². The molecule has 124 valence electrons. The normalized spacial score (nSPS) is 9.50. The summed E-state index contributed by atoms with van der Waals surface area (Å²) in [5.41, 5.74) is 0.662. The van der Waals surface area contributed by atoms with Crippen molar-refractivity contribution in [1.82, 2.24) is 15.1 Å². The molecule has 0 radical (unpaired) electrons. The van der Waals surface area contributed by atoms with E-state index in [0.29, 0.717) is 18.7 Å². The summed E-state index contributed by atoms with van der Waals surface area (Å²) in [5.74, 6) is 0.869. The molecular formula is C15H24BrIN4O. The summed E-state index contributed by atoms with van der Waals surface area (Å²) in [4.78, 5) is 20.4. The number of hydrogen-bond acceptors (Lipinski definition) is 2. The van der Waals surface area contributed by atoms with E-state index < -0.39 is 0 Å². The number of aliphatic imine (C=N–C) groups is 1. The smallest absolute Gasteiger partial charge is 0.251 e. The van der Waals surface area contributed by atoms with Crippen molar-refractivity contribution < 1.29 is 4.79 Å². The van der Waals surface area contributed by atoms with Crippen LogP contribution >= 0.6 is 39.9 Å². The maximum absolute atomic E-state index is 11.9. The third-order valence-corrected chi connectivity index (χ3v) is 3.25. The average molecular weight is 483 g/mol. The summed E-state index contributed by atoms with van der Waals surface area (Å²) in [5, 5.41) is 2.90. The van der Waals surface area contributed by atoms with Gasteiger partial charge in [-0.15, -0.1) is 24.0 Å². The first-order valence-corrected chi connectivity index (χ1v) is 7.64. The molecule has 1 N–H and O–H groups in total. The van der Waals surface area contributed by atoms with E-state index in [1.54, 1.807) is 6.07 Å². The lowest BCUT2D eigenvalue weighted by atomic mass is 10.2. The second kappa shape index (κ2) is 10.8. The topological polar surface area (TPSA) is 47.9 Å². The van der Waals surface area contributed by atoms with Crippen molar-refractivity contribution in [1.29, 1.82) is 0 Å². The Bertz CT molecular complexity index is 496. The van der Waals surface area contributed by atoms with E-state index in [4.69, 9.17) is 0 Å². The number of rotatable bonds is 5. The molecule has 1 rings (SSSR count). The second-order valence-electron chi connectivity index (χ2n) is 5.09. The van der Waals surface area contributed by atoms with Crippen LogP contribution in [-0.4, -0.2) is 62.9 Å². The molecule has 22 heavy (non-hydrogen) atoms. The van der Waals surface area contributed by atoms with Gasteiger partial charge >= 0.3 is 0 Å². The number of halogens is 2. The number of nitrogens with one attached hydrogen (secondary N) is 1. The van der Waals surface area contributed by atoms with Gasteiger partial charge in [0, 0.05) is 51.3 Å². The van der Waals surface area contributed by atoms with Crippen molar-refractivity contribution in [3.05, 3.63) is 34.3 Å². The van der Waals surface area contributed by atoms with Gasteiger partial charge in [-0.1, -0.05) is 22.0 Å². The predicted molar refractivity (Wildman–Crippen MR) is 106 cm³/mol. The Morgan fingerprint density at radius 3 is 2.41 bits per heavy atom. The average Bonchev–Trinajstić information content (AvgIpc) is 2.41. The third kappa shape index (κ3) is 7.44. The number of nitrogens with zero attached hydrogens (tertiary/aromatic N) is 3. The van der Waals surface area contributed by atoms with Gasteiger partial charge in [0.2, 0.25) is 0 Å². The van der Waals surface area contributed by atoms with E-state index in [0.717, 1.165) is 16.9 Å². The maximum atomic E-state index is 11.9. The highest BCUT2D eigenvalue weighted by Crippen LogP contribution is 2.11. The van der Waals surface area contributed by atoms with Crippen LogP contribution in [0.5, 0.6) is 0 Å². The lowest BCUT2D eigenvalue weighted by molar-refractivity contribution is 0.0953. The number of carbonyl (C=O) groups excluding carboxylic acids is 1. The minimum atomic E-state index is -0.0549. The van der Waals surface area contributed by atoms with E-state index in [1.165, 1.54) is 0 Å². The summed E-state index contributed by atoms with van der Waals surface area (Å²) >= 11 is 3.36. The molecule has 0 unspecified atom stereocenters. The number of hydrogen-bond donors (Lipinski definition) is 1. The Morgan fingerprint density at radius 1 is 1.23 bits per heavy atom. The summed E-state index contributed by atoms with van der Waals surface area (Å²) in [6, 6.07) is 7.36. The standard InChI is InChI=1S/C15H23BrN4O.HI/c1-19(2)15(20(3)4)18-10-6-9-17-14(21)12-7-5-8-13(16)11-12;/h5,7-8,11H,6,9-10H2,1-4H3,(H,17,21);1H. The first kappa shape index (κ1) is 21.2. The molecule has 0 aliphatic heterocycles. The Labute approximate surface area is 158 Å². The highest BCUT2D eigenvalue weighted by molar-refractivity contribution is 14.0. The minimum absolute atomic E-state index is 0. The van der Waals surface area contributed by atoms with Gasteiger partial charge in [0.05, 0.1) is 0 Å². The Balaban J connectivity index is 0.00000441. The zero-order valence-corrected chi connectivity index (χ0v) is 17.4. The molecule has 7 heteroatoms. The van der Waals surface area contributed by atoms with Crippen LogP contribution in [-0.2, 0) is 0 Å². The SMILES string of the molecule is CN(C)C(=NCCCNC(=O)c1cccc(Br)c1)N(C)C.I. The lowest BCUT2D eigenvalue weighted by Crippen LogP contribution is -2.35. The van der Waals surface area contributed by atoms with Gasteiger partial charge in [-0.05, 0) is 24.6 Å².